The van der Waals surface area contributed by atoms with E-state index >= 15 is 0 Å². The van der Waals surface area contributed by atoms with Gasteiger partial charge in [0.1, 0.15) is 18.1 Å². The van der Waals surface area contributed by atoms with Crippen LogP contribution in [0.1, 0.15) is 44.7 Å². The van der Waals surface area contributed by atoms with Crippen LogP contribution in [-0.2, 0) is 22.6 Å². The molecule has 2 aromatic carbocycles. The van der Waals surface area contributed by atoms with E-state index in [1.165, 1.54) is 4.90 Å². The van der Waals surface area contributed by atoms with Crippen LogP contribution in [0, 0.1) is 0 Å². The Morgan fingerprint density at radius 1 is 1.10 bits per heavy atom. The third kappa shape index (κ3) is 3.76. The van der Waals surface area contributed by atoms with Crippen LogP contribution >= 0.6 is 0 Å². The van der Waals surface area contributed by atoms with Gasteiger partial charge in [-0.25, -0.2) is 0 Å². The van der Waals surface area contributed by atoms with E-state index in [1.54, 1.807) is 24.3 Å². The van der Waals surface area contributed by atoms with Gasteiger partial charge in [0, 0.05) is 29.5 Å². The minimum Gasteiger partial charge on any atom is -0.493 e. The number of nitrogens with zero attached hydrogens (tertiary/aromatic N) is 1. The lowest BCUT2D eigenvalue weighted by molar-refractivity contribution is -0.136. The molecule has 0 spiro atoms. The van der Waals surface area contributed by atoms with E-state index in [1.807, 2.05) is 18.2 Å². The smallest absolute Gasteiger partial charge is 0.255 e. The Balaban J connectivity index is 1.44. The topological polar surface area (TPSA) is 92.8 Å². The highest BCUT2D eigenvalue weighted by molar-refractivity contribution is 6.05. The molecular weight excluding hydrogens is 372 g/mol. The Hall–Kier alpha value is -3.48. The molecule has 0 bridgehead atoms. The molecule has 0 aliphatic carbocycles. The van der Waals surface area contributed by atoms with Crippen LogP contribution in [0.25, 0.3) is 0 Å². The molecule has 4 rings (SSSR count). The standard InChI is InChI=1S/C22H20N2O5/c25-13-15-6-4-14(5-7-15)10-11-29-19-3-1-2-16-17(19)12-24(22(16)28)18-8-9-20(26)23-21(18)27/h1-7,13,18H,8-12H2,(H,23,26,27). The number of rotatable bonds is 6. The molecule has 1 N–H and O–H groups in total. The second-order valence-corrected chi connectivity index (χ2v) is 7.14. The number of carbonyl (C=O) groups is 4. The van der Waals surface area contributed by atoms with Crippen molar-refractivity contribution in [1.82, 2.24) is 10.2 Å². The quantitative estimate of drug-likeness (QED) is 0.599. The molecule has 0 radical (unpaired) electrons. The number of benzene rings is 2. The van der Waals surface area contributed by atoms with Gasteiger partial charge in [-0.05, 0) is 24.1 Å². The molecular formula is C22H20N2O5. The fourth-order valence-electron chi connectivity index (χ4n) is 3.73. The maximum atomic E-state index is 12.8. The molecule has 2 heterocycles. The summed E-state index contributed by atoms with van der Waals surface area (Å²) in [6.07, 6.45) is 2.02. The highest BCUT2D eigenvalue weighted by Gasteiger charge is 2.40. The first-order valence-corrected chi connectivity index (χ1v) is 9.50. The number of carbonyl (C=O) groups excluding carboxylic acids is 4. The van der Waals surface area contributed by atoms with Gasteiger partial charge in [-0.15, -0.1) is 0 Å². The third-order valence-corrected chi connectivity index (χ3v) is 5.30. The van der Waals surface area contributed by atoms with Gasteiger partial charge < -0.3 is 9.64 Å². The molecule has 1 fully saturated rings. The Labute approximate surface area is 167 Å². The van der Waals surface area contributed by atoms with Crippen LogP contribution < -0.4 is 10.1 Å². The minimum absolute atomic E-state index is 0.218. The van der Waals surface area contributed by atoms with Crippen molar-refractivity contribution < 1.29 is 23.9 Å². The molecule has 2 aliphatic rings. The zero-order valence-electron chi connectivity index (χ0n) is 15.7. The maximum absolute atomic E-state index is 12.8. The second-order valence-electron chi connectivity index (χ2n) is 7.14. The van der Waals surface area contributed by atoms with Crippen molar-refractivity contribution in [3.05, 3.63) is 64.7 Å². The van der Waals surface area contributed by atoms with Crippen LogP contribution in [-0.4, -0.2) is 41.6 Å². The number of imide groups is 1. The summed E-state index contributed by atoms with van der Waals surface area (Å²) in [5.41, 5.74) is 2.97. The van der Waals surface area contributed by atoms with Crippen LogP contribution in [0.5, 0.6) is 5.75 Å². The lowest BCUT2D eigenvalue weighted by Gasteiger charge is -2.29. The second kappa shape index (κ2) is 7.87. The molecule has 1 atom stereocenters. The fraction of sp³-hybridized carbons (Fsp3) is 0.273. The van der Waals surface area contributed by atoms with Crippen LogP contribution in [0.15, 0.2) is 42.5 Å². The van der Waals surface area contributed by atoms with Crippen molar-refractivity contribution in [3.8, 4) is 5.75 Å². The Morgan fingerprint density at radius 3 is 2.62 bits per heavy atom. The Bertz CT molecular complexity index is 983. The number of aldehydes is 1. The van der Waals surface area contributed by atoms with Gasteiger partial charge in [-0.3, -0.25) is 24.5 Å². The average molecular weight is 392 g/mol. The number of piperidine rings is 1. The van der Waals surface area contributed by atoms with Gasteiger partial charge in [-0.2, -0.15) is 0 Å². The highest BCUT2D eigenvalue weighted by atomic mass is 16.5. The summed E-state index contributed by atoms with van der Waals surface area (Å²) in [7, 11) is 0. The zero-order chi connectivity index (χ0) is 20.4. The molecule has 1 saturated heterocycles. The lowest BCUT2D eigenvalue weighted by atomic mass is 10.0. The summed E-state index contributed by atoms with van der Waals surface area (Å²) in [6.45, 7) is 0.703. The largest absolute Gasteiger partial charge is 0.493 e. The van der Waals surface area contributed by atoms with Gasteiger partial charge in [0.25, 0.3) is 5.91 Å². The van der Waals surface area contributed by atoms with Crippen molar-refractivity contribution >= 4 is 24.0 Å². The first-order valence-electron chi connectivity index (χ1n) is 9.50. The first kappa shape index (κ1) is 18.9. The number of nitrogens with one attached hydrogen (secondary N) is 1. The van der Waals surface area contributed by atoms with Crippen molar-refractivity contribution in [2.24, 2.45) is 0 Å². The molecule has 148 valence electrons. The Kier molecular flexibility index (Phi) is 5.12. The number of hydrogen-bond donors (Lipinski definition) is 1. The molecule has 0 saturated carbocycles. The summed E-state index contributed by atoms with van der Waals surface area (Å²) in [6, 6.07) is 12.0. The summed E-state index contributed by atoms with van der Waals surface area (Å²) >= 11 is 0. The first-order chi connectivity index (χ1) is 14.1. The van der Waals surface area contributed by atoms with Crippen LogP contribution in [0.3, 0.4) is 0 Å². The Morgan fingerprint density at radius 2 is 1.90 bits per heavy atom. The summed E-state index contributed by atoms with van der Waals surface area (Å²) in [4.78, 5) is 48.6. The lowest BCUT2D eigenvalue weighted by Crippen LogP contribution is -2.52. The molecule has 7 nitrogen and oxygen atoms in total. The predicted octanol–water partition coefficient (Wildman–Crippen LogP) is 1.88. The van der Waals surface area contributed by atoms with E-state index in [0.717, 1.165) is 17.4 Å². The van der Waals surface area contributed by atoms with Gasteiger partial charge in [0.2, 0.25) is 11.8 Å². The van der Waals surface area contributed by atoms with Crippen LogP contribution in [0.4, 0.5) is 0 Å². The normalized spacial score (nSPS) is 18.4. The highest BCUT2D eigenvalue weighted by Crippen LogP contribution is 2.33. The summed E-state index contributed by atoms with van der Waals surface area (Å²) in [5, 5.41) is 2.30. The molecule has 29 heavy (non-hydrogen) atoms. The average Bonchev–Trinajstić information content (AvgIpc) is 3.06. The van der Waals surface area contributed by atoms with Crippen molar-refractivity contribution in [3.63, 3.8) is 0 Å². The summed E-state index contributed by atoms with van der Waals surface area (Å²) < 4.78 is 5.93. The monoisotopic (exact) mass is 392 g/mol. The maximum Gasteiger partial charge on any atom is 0.255 e. The van der Waals surface area contributed by atoms with E-state index in [2.05, 4.69) is 5.32 Å². The molecule has 7 heteroatoms. The van der Waals surface area contributed by atoms with E-state index in [4.69, 9.17) is 4.74 Å². The number of amides is 3. The van der Waals surface area contributed by atoms with Gasteiger partial charge >= 0.3 is 0 Å². The SMILES string of the molecule is O=Cc1ccc(CCOc2cccc3c2CN(C2CCC(=O)NC2=O)C3=O)cc1. The molecule has 2 aliphatic heterocycles. The molecule has 1 unspecified atom stereocenters. The van der Waals surface area contributed by atoms with Gasteiger partial charge in [-0.1, -0.05) is 30.3 Å². The fourth-order valence-corrected chi connectivity index (χ4v) is 3.73. The van der Waals surface area contributed by atoms with E-state index < -0.39 is 11.9 Å². The van der Waals surface area contributed by atoms with Crippen molar-refractivity contribution in [2.45, 2.75) is 31.8 Å². The molecule has 2 aromatic rings. The van der Waals surface area contributed by atoms with Gasteiger partial charge in [0.15, 0.2) is 0 Å². The molecule has 3 amide bonds. The van der Waals surface area contributed by atoms with Crippen molar-refractivity contribution in [1.29, 1.82) is 0 Å². The minimum atomic E-state index is -0.642. The van der Waals surface area contributed by atoms with E-state index in [9.17, 15) is 19.2 Å². The predicted molar refractivity (Wildman–Crippen MR) is 104 cm³/mol. The molecule has 0 aromatic heterocycles. The summed E-state index contributed by atoms with van der Waals surface area (Å²) in [5.74, 6) is -0.330. The van der Waals surface area contributed by atoms with E-state index in [-0.39, 0.29) is 24.8 Å². The van der Waals surface area contributed by atoms with Crippen molar-refractivity contribution in [2.75, 3.05) is 6.61 Å². The van der Waals surface area contributed by atoms with E-state index in [0.29, 0.717) is 36.3 Å². The number of ether oxygens (including phenoxy) is 1. The van der Waals surface area contributed by atoms with Gasteiger partial charge in [0.05, 0.1) is 13.2 Å². The van der Waals surface area contributed by atoms with Crippen LogP contribution in [0.2, 0.25) is 0 Å². The number of hydrogen-bond acceptors (Lipinski definition) is 5. The third-order valence-electron chi connectivity index (χ3n) is 5.30. The number of fused-ring (bicyclic) bond motifs is 1. The zero-order valence-corrected chi connectivity index (χ0v) is 15.7.